The molecular formula is C22H25F2N7O. The highest BCUT2D eigenvalue weighted by molar-refractivity contribution is 6.05. The lowest BCUT2D eigenvalue weighted by Crippen LogP contribution is -2.53. The number of nitrogens with one attached hydrogen (secondary N) is 3. The fourth-order valence-electron chi connectivity index (χ4n) is 3.85. The lowest BCUT2D eigenvalue weighted by Gasteiger charge is -2.41. The molecule has 2 aromatic rings. The summed E-state index contributed by atoms with van der Waals surface area (Å²) < 4.78 is 26.4. The largest absolute Gasteiger partial charge is 0.386 e. The third kappa shape index (κ3) is 4.12. The molecule has 1 atom stereocenters. The molecule has 1 aromatic heterocycles. The molecule has 0 spiro atoms. The van der Waals surface area contributed by atoms with Gasteiger partial charge in [0.1, 0.15) is 11.7 Å². The van der Waals surface area contributed by atoms with Crippen LogP contribution in [0.2, 0.25) is 0 Å². The summed E-state index contributed by atoms with van der Waals surface area (Å²) in [7, 11) is 1.85. The highest BCUT2D eigenvalue weighted by Crippen LogP contribution is 2.39. The second kappa shape index (κ2) is 8.89. The van der Waals surface area contributed by atoms with Gasteiger partial charge in [-0.15, -0.1) is 0 Å². The number of carbonyl (C=O) groups excluding carboxylic acids is 1. The second-order valence-corrected chi connectivity index (χ2v) is 7.89. The number of halogens is 2. The monoisotopic (exact) mass is 441 g/mol. The molecule has 1 unspecified atom stereocenters. The average Bonchev–Trinajstić information content (AvgIpc) is 2.80. The van der Waals surface area contributed by atoms with Crippen molar-refractivity contribution in [2.45, 2.75) is 32.4 Å². The van der Waals surface area contributed by atoms with Crippen molar-refractivity contribution in [3.8, 4) is 0 Å². The Hall–Kier alpha value is -3.56. The predicted octanol–water partition coefficient (Wildman–Crippen LogP) is 2.61. The van der Waals surface area contributed by atoms with Gasteiger partial charge in [-0.05, 0) is 37.5 Å². The van der Waals surface area contributed by atoms with E-state index in [4.69, 9.17) is 5.41 Å². The summed E-state index contributed by atoms with van der Waals surface area (Å²) in [5, 5.41) is 13.8. The lowest BCUT2D eigenvalue weighted by molar-refractivity contribution is -0.119. The summed E-state index contributed by atoms with van der Waals surface area (Å²) in [5.74, 6) is -0.560. The van der Waals surface area contributed by atoms with E-state index in [1.165, 1.54) is 12.3 Å². The van der Waals surface area contributed by atoms with Gasteiger partial charge in [0.25, 0.3) is 0 Å². The van der Waals surface area contributed by atoms with Crippen LogP contribution in [-0.4, -0.2) is 48.3 Å². The van der Waals surface area contributed by atoms with Crippen LogP contribution < -0.4 is 20.4 Å². The number of aryl methyl sites for hydroxylation is 1. The van der Waals surface area contributed by atoms with Crippen LogP contribution in [0.15, 0.2) is 30.0 Å². The van der Waals surface area contributed by atoms with E-state index in [1.54, 1.807) is 11.1 Å². The molecule has 3 heterocycles. The van der Waals surface area contributed by atoms with E-state index in [1.807, 2.05) is 18.9 Å². The van der Waals surface area contributed by atoms with Crippen LogP contribution in [0.4, 0.5) is 26.2 Å². The number of hydrogen-bond acceptors (Lipinski definition) is 7. The quantitative estimate of drug-likeness (QED) is 0.572. The Morgan fingerprint density at radius 1 is 1.31 bits per heavy atom. The predicted molar refractivity (Wildman–Crippen MR) is 119 cm³/mol. The molecule has 0 bridgehead atoms. The topological polar surface area (TPSA) is 97.2 Å². The van der Waals surface area contributed by atoms with Crippen LogP contribution in [-0.2, 0) is 17.8 Å². The molecule has 168 valence electrons. The Bertz CT molecular complexity index is 1090. The van der Waals surface area contributed by atoms with Crippen LogP contribution in [0, 0.1) is 17.0 Å². The van der Waals surface area contributed by atoms with Gasteiger partial charge in [-0.3, -0.25) is 4.79 Å². The van der Waals surface area contributed by atoms with Crippen molar-refractivity contribution < 1.29 is 13.6 Å². The molecule has 0 aliphatic carbocycles. The van der Waals surface area contributed by atoms with Gasteiger partial charge in [-0.2, -0.15) is 4.98 Å². The number of carbonyl (C=O) groups is 1. The first-order valence-corrected chi connectivity index (χ1v) is 10.4. The summed E-state index contributed by atoms with van der Waals surface area (Å²) in [5.41, 5.74) is 2.85. The molecule has 0 saturated heterocycles. The van der Waals surface area contributed by atoms with Crippen molar-refractivity contribution in [1.29, 1.82) is 5.41 Å². The van der Waals surface area contributed by atoms with Gasteiger partial charge >= 0.3 is 0 Å². The molecule has 4 rings (SSSR count). The number of rotatable bonds is 7. The van der Waals surface area contributed by atoms with E-state index < -0.39 is 11.6 Å². The first-order chi connectivity index (χ1) is 15.4. The molecule has 3 N–H and O–H groups in total. The van der Waals surface area contributed by atoms with Crippen LogP contribution in [0.25, 0.3) is 0 Å². The Balaban J connectivity index is 1.46. The Kier molecular flexibility index (Phi) is 6.02. The zero-order valence-electron chi connectivity index (χ0n) is 18.0. The normalized spacial score (nSPS) is 17.8. The van der Waals surface area contributed by atoms with Crippen LogP contribution in [0.5, 0.6) is 0 Å². The summed E-state index contributed by atoms with van der Waals surface area (Å²) >= 11 is 0. The van der Waals surface area contributed by atoms with E-state index in [0.717, 1.165) is 42.2 Å². The van der Waals surface area contributed by atoms with Gasteiger partial charge in [-0.25, -0.2) is 13.8 Å². The highest BCUT2D eigenvalue weighted by atomic mass is 19.2. The van der Waals surface area contributed by atoms with Crippen molar-refractivity contribution in [2.24, 2.45) is 0 Å². The van der Waals surface area contributed by atoms with E-state index in [2.05, 4.69) is 20.6 Å². The van der Waals surface area contributed by atoms with Gasteiger partial charge in [0, 0.05) is 44.7 Å². The molecule has 32 heavy (non-hydrogen) atoms. The maximum absolute atomic E-state index is 13.3. The molecule has 0 fully saturated rings. The van der Waals surface area contributed by atoms with Gasteiger partial charge in [0.05, 0.1) is 5.69 Å². The maximum atomic E-state index is 13.3. The van der Waals surface area contributed by atoms with Crippen LogP contribution in [0.1, 0.15) is 24.6 Å². The minimum absolute atomic E-state index is 0.0615. The first kappa shape index (κ1) is 21.7. The Labute approximate surface area is 184 Å². The van der Waals surface area contributed by atoms with Gasteiger partial charge in [-0.1, -0.05) is 6.07 Å². The van der Waals surface area contributed by atoms with Crippen molar-refractivity contribution >= 4 is 29.6 Å². The second-order valence-electron chi connectivity index (χ2n) is 7.89. The van der Waals surface area contributed by atoms with E-state index >= 15 is 0 Å². The first-order valence-electron chi connectivity index (χ1n) is 10.4. The molecule has 1 aromatic carbocycles. The minimum Gasteiger partial charge on any atom is -0.386 e. The number of nitrogens with zero attached hydrogens (tertiary/aromatic N) is 4. The summed E-state index contributed by atoms with van der Waals surface area (Å²) in [6.45, 7) is 3.13. The maximum Gasteiger partial charge on any atom is 0.249 e. The molecule has 1 amide bonds. The zero-order valence-corrected chi connectivity index (χ0v) is 18.0. The SMILES string of the molecule is CC1C(=O)N2CCCc3nc(NC/C(C=N)=C/NCc4ccc(F)c(F)c4)nc(c32)N1C. The zero-order chi connectivity index (χ0) is 22.8. The van der Waals surface area contributed by atoms with Crippen molar-refractivity contribution in [1.82, 2.24) is 15.3 Å². The summed E-state index contributed by atoms with van der Waals surface area (Å²) in [6.07, 6.45) is 4.46. The van der Waals surface area contributed by atoms with Gasteiger partial charge < -0.3 is 25.8 Å². The number of aromatic nitrogens is 2. The third-order valence-electron chi connectivity index (χ3n) is 5.76. The van der Waals surface area contributed by atoms with Crippen molar-refractivity contribution in [3.05, 3.63) is 52.9 Å². The van der Waals surface area contributed by atoms with E-state index in [0.29, 0.717) is 36.7 Å². The molecule has 0 radical (unpaired) electrons. The van der Waals surface area contributed by atoms with E-state index in [9.17, 15) is 13.6 Å². The standard InChI is InChI=1S/C22H25F2N7O/c1-13-21(32)31-7-3-4-18-19(31)20(30(13)2)29-22(28-18)27-12-15(9-25)11-26-10-14-5-6-16(23)17(24)8-14/h5-6,8-9,11,13,25-26H,3-4,7,10,12H2,1-2H3,(H,27,28,29)/b15-11+,25-9?. The fourth-order valence-corrected chi connectivity index (χ4v) is 3.85. The number of likely N-dealkylation sites (N-methyl/N-ethyl adjacent to an activating group) is 1. The van der Waals surface area contributed by atoms with Crippen molar-refractivity contribution in [3.63, 3.8) is 0 Å². The molecular weight excluding hydrogens is 416 g/mol. The van der Waals surface area contributed by atoms with Crippen molar-refractivity contribution in [2.75, 3.05) is 35.3 Å². The summed E-state index contributed by atoms with van der Waals surface area (Å²) in [4.78, 5) is 25.5. The summed E-state index contributed by atoms with van der Waals surface area (Å²) in [6, 6.07) is 3.42. The van der Waals surface area contributed by atoms with Gasteiger partial charge in [0.2, 0.25) is 11.9 Å². The van der Waals surface area contributed by atoms with E-state index in [-0.39, 0.29) is 11.9 Å². The number of amides is 1. The number of hydrogen-bond donors (Lipinski definition) is 3. The average molecular weight is 441 g/mol. The highest BCUT2D eigenvalue weighted by Gasteiger charge is 2.38. The van der Waals surface area contributed by atoms with Crippen LogP contribution in [0.3, 0.4) is 0 Å². The number of anilines is 3. The molecule has 2 aliphatic rings. The minimum atomic E-state index is -0.893. The van der Waals surface area contributed by atoms with Crippen LogP contribution >= 0.6 is 0 Å². The lowest BCUT2D eigenvalue weighted by atomic mass is 10.0. The number of benzene rings is 1. The molecule has 0 saturated carbocycles. The third-order valence-corrected chi connectivity index (χ3v) is 5.76. The molecule has 10 heteroatoms. The fraction of sp³-hybridized carbons (Fsp3) is 0.364. The molecule has 8 nitrogen and oxygen atoms in total. The smallest absolute Gasteiger partial charge is 0.249 e. The Morgan fingerprint density at radius 3 is 2.88 bits per heavy atom. The van der Waals surface area contributed by atoms with Gasteiger partial charge in [0.15, 0.2) is 17.5 Å². The Morgan fingerprint density at radius 2 is 2.12 bits per heavy atom. The molecule has 2 aliphatic heterocycles.